The van der Waals surface area contributed by atoms with Gasteiger partial charge in [0, 0.05) is 12.5 Å². The van der Waals surface area contributed by atoms with Crippen molar-refractivity contribution in [3.63, 3.8) is 0 Å². The van der Waals surface area contributed by atoms with Crippen molar-refractivity contribution in [3.05, 3.63) is 16.4 Å². The summed E-state index contributed by atoms with van der Waals surface area (Å²) in [5, 5.41) is 12.2. The molecule has 0 fully saturated rings. The van der Waals surface area contributed by atoms with Gasteiger partial charge in [0.2, 0.25) is 4.67 Å². The van der Waals surface area contributed by atoms with E-state index in [0.717, 1.165) is 0 Å². The van der Waals surface area contributed by atoms with Crippen molar-refractivity contribution in [3.8, 4) is 0 Å². The molecule has 0 aromatic carbocycles. The van der Waals surface area contributed by atoms with Crippen LogP contribution in [0.15, 0.2) is 15.3 Å². The summed E-state index contributed by atoms with van der Waals surface area (Å²) >= 11 is 3.08. The number of hydrogen-bond donors (Lipinski definition) is 1. The Morgan fingerprint density at radius 3 is 3.00 bits per heavy atom. The Bertz CT molecular complexity index is 284. The molecular formula is C7H8BrNO3. The summed E-state index contributed by atoms with van der Waals surface area (Å²) in [7, 11) is 0. The Hall–Kier alpha value is -0.840. The minimum atomic E-state index is -0.825. The highest BCUT2D eigenvalue weighted by molar-refractivity contribution is 9.10. The summed E-state index contributed by atoms with van der Waals surface area (Å²) < 4.78 is 5.24. The summed E-state index contributed by atoms with van der Waals surface area (Å²) in [6.45, 7) is 1.63. The fraction of sp³-hybridized carbons (Fsp3) is 0.429. The van der Waals surface area contributed by atoms with Crippen LogP contribution in [-0.2, 0) is 11.2 Å². The summed E-state index contributed by atoms with van der Waals surface area (Å²) in [5.41, 5.74) is 0.650. The summed E-state index contributed by atoms with van der Waals surface area (Å²) in [4.78, 5) is 10.4. The zero-order valence-electron chi connectivity index (χ0n) is 6.45. The predicted molar refractivity (Wildman–Crippen MR) is 44.7 cm³/mol. The van der Waals surface area contributed by atoms with E-state index in [1.807, 2.05) is 0 Å². The SMILES string of the molecule is CC(Cc1cc(Br)on1)C(=O)O. The number of hydrogen-bond acceptors (Lipinski definition) is 3. The van der Waals surface area contributed by atoms with E-state index in [0.29, 0.717) is 16.8 Å². The molecule has 12 heavy (non-hydrogen) atoms. The average Bonchev–Trinajstić information content (AvgIpc) is 2.35. The second-order valence-electron chi connectivity index (χ2n) is 2.57. The van der Waals surface area contributed by atoms with Crippen LogP contribution in [0.2, 0.25) is 0 Å². The standard InChI is InChI=1S/C7H8BrNO3/c1-4(7(10)11)2-5-3-6(8)12-9-5/h3-4H,2H2,1H3,(H,10,11). The van der Waals surface area contributed by atoms with Crippen LogP contribution in [-0.4, -0.2) is 16.2 Å². The van der Waals surface area contributed by atoms with Crippen LogP contribution in [0.1, 0.15) is 12.6 Å². The fourth-order valence-electron chi connectivity index (χ4n) is 0.783. The minimum absolute atomic E-state index is 0.393. The van der Waals surface area contributed by atoms with Gasteiger partial charge in [-0.25, -0.2) is 0 Å². The van der Waals surface area contributed by atoms with Gasteiger partial charge in [0.25, 0.3) is 0 Å². The van der Waals surface area contributed by atoms with Crippen LogP contribution in [0.4, 0.5) is 0 Å². The molecule has 0 radical (unpaired) electrons. The Labute approximate surface area is 77.7 Å². The summed E-state index contributed by atoms with van der Waals surface area (Å²) in [6, 6.07) is 1.67. The lowest BCUT2D eigenvalue weighted by Crippen LogP contribution is -2.12. The van der Waals surface area contributed by atoms with Crippen LogP contribution in [0.3, 0.4) is 0 Å². The van der Waals surface area contributed by atoms with Crippen LogP contribution < -0.4 is 0 Å². The van der Waals surface area contributed by atoms with E-state index in [2.05, 4.69) is 21.1 Å². The van der Waals surface area contributed by atoms with Gasteiger partial charge < -0.3 is 9.63 Å². The molecule has 1 atom stereocenters. The molecule has 1 aromatic heterocycles. The molecule has 0 saturated heterocycles. The van der Waals surface area contributed by atoms with Gasteiger partial charge in [-0.15, -0.1) is 0 Å². The molecule has 0 bridgehead atoms. The van der Waals surface area contributed by atoms with Crippen molar-refractivity contribution in [2.45, 2.75) is 13.3 Å². The first-order valence-corrected chi connectivity index (χ1v) is 4.23. The Kier molecular flexibility index (Phi) is 2.86. The molecule has 5 heteroatoms. The lowest BCUT2D eigenvalue weighted by atomic mass is 10.1. The van der Waals surface area contributed by atoms with E-state index in [1.165, 1.54) is 0 Å². The number of carbonyl (C=O) groups is 1. The molecule has 1 rings (SSSR count). The number of nitrogens with zero attached hydrogens (tertiary/aromatic N) is 1. The van der Waals surface area contributed by atoms with Crippen molar-refractivity contribution in [1.29, 1.82) is 0 Å². The number of rotatable bonds is 3. The highest BCUT2D eigenvalue weighted by Gasteiger charge is 2.13. The molecule has 4 nitrogen and oxygen atoms in total. The van der Waals surface area contributed by atoms with Gasteiger partial charge in [-0.05, 0) is 15.9 Å². The maximum absolute atomic E-state index is 10.4. The van der Waals surface area contributed by atoms with E-state index in [1.54, 1.807) is 13.0 Å². The topological polar surface area (TPSA) is 63.3 Å². The first-order valence-electron chi connectivity index (χ1n) is 3.43. The maximum Gasteiger partial charge on any atom is 0.306 e. The number of aliphatic carboxylic acids is 1. The summed E-state index contributed by atoms with van der Waals surface area (Å²) in [5.74, 6) is -1.25. The van der Waals surface area contributed by atoms with Crippen molar-refractivity contribution in [2.75, 3.05) is 0 Å². The normalized spacial score (nSPS) is 12.8. The van der Waals surface area contributed by atoms with E-state index in [4.69, 9.17) is 9.63 Å². The quantitative estimate of drug-likeness (QED) is 0.864. The van der Waals surface area contributed by atoms with E-state index in [9.17, 15) is 4.79 Å². The number of carboxylic acid groups (broad SMARTS) is 1. The molecule has 0 saturated carbocycles. The molecule has 1 unspecified atom stereocenters. The fourth-order valence-corrected chi connectivity index (χ4v) is 1.12. The van der Waals surface area contributed by atoms with Crippen LogP contribution in [0, 0.1) is 5.92 Å². The molecule has 1 heterocycles. The Morgan fingerprint density at radius 2 is 2.58 bits per heavy atom. The van der Waals surface area contributed by atoms with Gasteiger partial charge in [0.05, 0.1) is 11.6 Å². The van der Waals surface area contributed by atoms with Gasteiger partial charge in [0.1, 0.15) is 0 Å². The zero-order chi connectivity index (χ0) is 9.14. The molecule has 0 aliphatic rings. The van der Waals surface area contributed by atoms with Gasteiger partial charge in [-0.1, -0.05) is 12.1 Å². The molecule has 1 aromatic rings. The van der Waals surface area contributed by atoms with E-state index < -0.39 is 11.9 Å². The van der Waals surface area contributed by atoms with Crippen molar-refractivity contribution in [2.24, 2.45) is 5.92 Å². The average molecular weight is 234 g/mol. The lowest BCUT2D eigenvalue weighted by Gasteiger charge is -2.00. The molecule has 0 aliphatic heterocycles. The summed E-state index contributed by atoms with van der Waals surface area (Å²) in [6.07, 6.45) is 0.393. The third-order valence-electron chi connectivity index (χ3n) is 1.47. The molecule has 0 spiro atoms. The minimum Gasteiger partial charge on any atom is -0.481 e. The highest BCUT2D eigenvalue weighted by Crippen LogP contribution is 2.13. The van der Waals surface area contributed by atoms with Gasteiger partial charge in [-0.2, -0.15) is 0 Å². The smallest absolute Gasteiger partial charge is 0.306 e. The third kappa shape index (κ3) is 2.34. The Balaban J connectivity index is 2.58. The van der Waals surface area contributed by atoms with Crippen molar-refractivity contribution < 1.29 is 14.4 Å². The molecule has 66 valence electrons. The third-order valence-corrected chi connectivity index (χ3v) is 1.84. The second kappa shape index (κ2) is 3.71. The van der Waals surface area contributed by atoms with Crippen LogP contribution in [0.5, 0.6) is 0 Å². The predicted octanol–water partition coefficient (Wildman–Crippen LogP) is 1.70. The second-order valence-corrected chi connectivity index (χ2v) is 3.35. The molecule has 0 aliphatic carbocycles. The van der Waals surface area contributed by atoms with E-state index in [-0.39, 0.29) is 0 Å². The first-order chi connectivity index (χ1) is 5.59. The maximum atomic E-state index is 10.4. The van der Waals surface area contributed by atoms with Crippen molar-refractivity contribution >= 4 is 21.9 Å². The largest absolute Gasteiger partial charge is 0.481 e. The van der Waals surface area contributed by atoms with Gasteiger partial charge in [-0.3, -0.25) is 4.79 Å². The molecular weight excluding hydrogens is 226 g/mol. The monoisotopic (exact) mass is 233 g/mol. The number of halogens is 1. The first kappa shape index (κ1) is 9.25. The number of aromatic nitrogens is 1. The van der Waals surface area contributed by atoms with Crippen molar-refractivity contribution in [1.82, 2.24) is 5.16 Å². The van der Waals surface area contributed by atoms with Crippen LogP contribution in [0.25, 0.3) is 0 Å². The van der Waals surface area contributed by atoms with E-state index >= 15 is 0 Å². The highest BCUT2D eigenvalue weighted by atomic mass is 79.9. The van der Waals surface area contributed by atoms with Crippen LogP contribution >= 0.6 is 15.9 Å². The van der Waals surface area contributed by atoms with Gasteiger partial charge >= 0.3 is 5.97 Å². The Morgan fingerprint density at radius 1 is 1.92 bits per heavy atom. The molecule has 1 N–H and O–H groups in total. The number of carboxylic acids is 1. The lowest BCUT2D eigenvalue weighted by molar-refractivity contribution is -0.141. The van der Waals surface area contributed by atoms with Gasteiger partial charge in [0.15, 0.2) is 0 Å². The zero-order valence-corrected chi connectivity index (χ0v) is 8.04. The molecule has 0 amide bonds.